The van der Waals surface area contributed by atoms with Gasteiger partial charge in [-0.25, -0.2) is 0 Å². The number of carbonyl (C=O) groups is 1. The summed E-state index contributed by atoms with van der Waals surface area (Å²) in [6.07, 6.45) is 0. The van der Waals surface area contributed by atoms with Crippen LogP contribution in [0.3, 0.4) is 0 Å². The van der Waals surface area contributed by atoms with Crippen molar-refractivity contribution in [2.75, 3.05) is 26.3 Å². The summed E-state index contributed by atoms with van der Waals surface area (Å²) in [7, 11) is 0. The molecule has 3 N–H and O–H groups in total. The summed E-state index contributed by atoms with van der Waals surface area (Å²) < 4.78 is 11.6. The molecule has 5 nitrogen and oxygen atoms in total. The molecule has 0 aliphatic carbocycles. The maximum Gasteiger partial charge on any atom is 0.251 e. The minimum Gasteiger partial charge on any atom is -0.486 e. The van der Waals surface area contributed by atoms with Crippen molar-refractivity contribution in [3.05, 3.63) is 22.2 Å². The highest BCUT2D eigenvalue weighted by Gasteiger charge is 2.18. The molecule has 0 spiro atoms. The molecular weight excluding hydrogens is 323 g/mol. The van der Waals surface area contributed by atoms with Crippen molar-refractivity contribution in [3.8, 4) is 11.5 Å². The number of carbonyl (C=O) groups excluding carboxylic acids is 1. The number of ether oxygens (including phenoxy) is 2. The van der Waals surface area contributed by atoms with Crippen molar-refractivity contribution in [1.29, 1.82) is 0 Å². The summed E-state index contributed by atoms with van der Waals surface area (Å²) in [6.45, 7) is 1.87. The Morgan fingerprint density at radius 3 is 2.83 bits per heavy atom. The summed E-state index contributed by atoms with van der Waals surface area (Å²) in [4.78, 5) is 11.8. The number of rotatable bonds is 3. The van der Waals surface area contributed by atoms with Gasteiger partial charge in [0.1, 0.15) is 13.2 Å². The van der Waals surface area contributed by atoms with E-state index in [1.54, 1.807) is 12.1 Å². The van der Waals surface area contributed by atoms with Crippen molar-refractivity contribution in [3.63, 3.8) is 0 Å². The van der Waals surface area contributed by atoms with Gasteiger partial charge in [0.2, 0.25) is 0 Å². The first-order chi connectivity index (χ1) is 8.22. The lowest BCUT2D eigenvalue weighted by atomic mass is 10.2. The van der Waals surface area contributed by atoms with E-state index >= 15 is 0 Å². The van der Waals surface area contributed by atoms with Gasteiger partial charge >= 0.3 is 0 Å². The van der Waals surface area contributed by atoms with E-state index in [0.717, 1.165) is 0 Å². The Morgan fingerprint density at radius 1 is 1.39 bits per heavy atom. The third kappa shape index (κ3) is 3.28. The van der Waals surface area contributed by atoms with E-state index in [1.807, 2.05) is 0 Å². The SMILES string of the molecule is Cl.NCCNC(=O)c1cc(Br)c2c(c1)OCCO2. The third-order valence-electron chi connectivity index (χ3n) is 2.29. The molecule has 1 aromatic rings. The molecule has 7 heteroatoms. The topological polar surface area (TPSA) is 73.6 Å². The standard InChI is InChI=1S/C11H13BrN2O3.ClH/c12-8-5-7(11(15)14-2-1-13)6-9-10(8)17-4-3-16-9;/h5-6H,1-4,13H2,(H,14,15);1H. The highest BCUT2D eigenvalue weighted by molar-refractivity contribution is 9.10. The van der Waals surface area contributed by atoms with Crippen LogP contribution in [-0.2, 0) is 0 Å². The second-order valence-electron chi connectivity index (χ2n) is 3.53. The summed E-state index contributed by atoms with van der Waals surface area (Å²) in [5.41, 5.74) is 5.85. The molecule has 18 heavy (non-hydrogen) atoms. The quantitative estimate of drug-likeness (QED) is 0.873. The van der Waals surface area contributed by atoms with Gasteiger partial charge in [0.05, 0.1) is 4.47 Å². The van der Waals surface area contributed by atoms with Crippen LogP contribution in [0.15, 0.2) is 16.6 Å². The molecule has 0 fully saturated rings. The van der Waals surface area contributed by atoms with Crippen molar-refractivity contribution >= 4 is 34.2 Å². The number of halogens is 2. The van der Waals surface area contributed by atoms with Crippen LogP contribution in [-0.4, -0.2) is 32.2 Å². The maximum atomic E-state index is 11.8. The van der Waals surface area contributed by atoms with E-state index in [9.17, 15) is 4.79 Å². The minimum absolute atomic E-state index is 0. The fraction of sp³-hybridized carbons (Fsp3) is 0.364. The molecule has 0 atom stereocenters. The van der Waals surface area contributed by atoms with Crippen molar-refractivity contribution in [1.82, 2.24) is 5.32 Å². The largest absolute Gasteiger partial charge is 0.486 e. The van der Waals surface area contributed by atoms with Gasteiger partial charge in [0.15, 0.2) is 11.5 Å². The Labute approximate surface area is 120 Å². The van der Waals surface area contributed by atoms with Crippen LogP contribution in [0.5, 0.6) is 11.5 Å². The van der Waals surface area contributed by atoms with Gasteiger partial charge in [-0.2, -0.15) is 0 Å². The summed E-state index contributed by atoms with van der Waals surface area (Å²) in [6, 6.07) is 3.38. The van der Waals surface area contributed by atoms with Crippen LogP contribution in [0.2, 0.25) is 0 Å². The zero-order valence-corrected chi connectivity index (χ0v) is 12.0. The molecule has 1 aliphatic rings. The van der Waals surface area contributed by atoms with E-state index < -0.39 is 0 Å². The average molecular weight is 338 g/mol. The molecule has 1 aliphatic heterocycles. The first-order valence-electron chi connectivity index (χ1n) is 5.30. The Hall–Kier alpha value is -0.980. The maximum absolute atomic E-state index is 11.8. The molecule has 1 aromatic carbocycles. The van der Waals surface area contributed by atoms with Crippen LogP contribution in [0.1, 0.15) is 10.4 Å². The number of benzene rings is 1. The Balaban J connectivity index is 0.00000162. The lowest BCUT2D eigenvalue weighted by Crippen LogP contribution is -2.29. The third-order valence-corrected chi connectivity index (χ3v) is 2.88. The molecule has 0 bridgehead atoms. The summed E-state index contributed by atoms with van der Waals surface area (Å²) in [5, 5.41) is 2.70. The van der Waals surface area contributed by atoms with Crippen LogP contribution in [0.25, 0.3) is 0 Å². The van der Waals surface area contributed by atoms with E-state index in [2.05, 4.69) is 21.2 Å². The second-order valence-corrected chi connectivity index (χ2v) is 4.38. The van der Waals surface area contributed by atoms with Crippen LogP contribution in [0, 0.1) is 0 Å². The predicted molar refractivity (Wildman–Crippen MR) is 73.8 cm³/mol. The summed E-state index contributed by atoms with van der Waals surface area (Å²) in [5.74, 6) is 1.06. The molecule has 100 valence electrons. The zero-order valence-electron chi connectivity index (χ0n) is 9.57. The second kappa shape index (κ2) is 6.82. The van der Waals surface area contributed by atoms with E-state index in [1.165, 1.54) is 0 Å². The monoisotopic (exact) mass is 336 g/mol. The van der Waals surface area contributed by atoms with Gasteiger partial charge in [-0.15, -0.1) is 12.4 Å². The highest BCUT2D eigenvalue weighted by atomic mass is 79.9. The number of nitrogens with one attached hydrogen (secondary N) is 1. The van der Waals surface area contributed by atoms with Gasteiger partial charge in [-0.3, -0.25) is 4.79 Å². The Morgan fingerprint density at radius 2 is 2.11 bits per heavy atom. The van der Waals surface area contributed by atoms with Crippen LogP contribution in [0.4, 0.5) is 0 Å². The number of nitrogens with two attached hydrogens (primary N) is 1. The lowest BCUT2D eigenvalue weighted by Gasteiger charge is -2.20. The zero-order chi connectivity index (χ0) is 12.3. The Kier molecular flexibility index (Phi) is 5.71. The molecular formula is C11H14BrClN2O3. The highest BCUT2D eigenvalue weighted by Crippen LogP contribution is 2.38. The summed E-state index contributed by atoms with van der Waals surface area (Å²) >= 11 is 3.36. The number of amides is 1. The fourth-order valence-electron chi connectivity index (χ4n) is 1.53. The number of hydrogen-bond acceptors (Lipinski definition) is 4. The number of fused-ring (bicyclic) bond motifs is 1. The van der Waals surface area contributed by atoms with Gasteiger partial charge in [0, 0.05) is 18.7 Å². The average Bonchev–Trinajstić information content (AvgIpc) is 2.36. The van der Waals surface area contributed by atoms with E-state index in [0.29, 0.717) is 47.8 Å². The molecule has 1 heterocycles. The number of hydrogen-bond donors (Lipinski definition) is 2. The van der Waals surface area contributed by atoms with Crippen molar-refractivity contribution in [2.24, 2.45) is 5.73 Å². The molecule has 0 saturated carbocycles. The van der Waals surface area contributed by atoms with Gasteiger partial charge in [-0.1, -0.05) is 0 Å². The predicted octanol–water partition coefficient (Wildman–Crippen LogP) is 1.33. The lowest BCUT2D eigenvalue weighted by molar-refractivity contribution is 0.0953. The smallest absolute Gasteiger partial charge is 0.251 e. The van der Waals surface area contributed by atoms with Crippen molar-refractivity contribution in [2.45, 2.75) is 0 Å². The first kappa shape index (κ1) is 15.1. The fourth-order valence-corrected chi connectivity index (χ4v) is 2.09. The van der Waals surface area contributed by atoms with E-state index in [-0.39, 0.29) is 18.3 Å². The molecule has 1 amide bonds. The van der Waals surface area contributed by atoms with Gasteiger partial charge in [0.25, 0.3) is 5.91 Å². The molecule has 0 unspecified atom stereocenters. The van der Waals surface area contributed by atoms with Crippen LogP contribution < -0.4 is 20.5 Å². The van der Waals surface area contributed by atoms with Crippen LogP contribution >= 0.6 is 28.3 Å². The first-order valence-corrected chi connectivity index (χ1v) is 6.09. The molecule has 0 saturated heterocycles. The van der Waals surface area contributed by atoms with E-state index in [4.69, 9.17) is 15.2 Å². The van der Waals surface area contributed by atoms with Crippen molar-refractivity contribution < 1.29 is 14.3 Å². The molecule has 2 rings (SSSR count). The normalized spacial score (nSPS) is 12.6. The molecule has 0 radical (unpaired) electrons. The van der Waals surface area contributed by atoms with Gasteiger partial charge < -0.3 is 20.5 Å². The van der Waals surface area contributed by atoms with Gasteiger partial charge in [-0.05, 0) is 28.1 Å². The Bertz CT molecular complexity index is 443. The minimum atomic E-state index is -0.173. The molecule has 0 aromatic heterocycles.